The molecule has 3 heterocycles. The van der Waals surface area contributed by atoms with Crippen LogP contribution in [0.1, 0.15) is 38.4 Å². The summed E-state index contributed by atoms with van der Waals surface area (Å²) in [5.74, 6) is 1.58. The molecule has 3 rings (SSSR count). The van der Waals surface area contributed by atoms with E-state index in [1.807, 2.05) is 0 Å². The number of amides is 1. The van der Waals surface area contributed by atoms with Crippen LogP contribution in [0.5, 0.6) is 0 Å². The number of hydrogen-bond donors (Lipinski definition) is 1. The molecule has 138 valence electrons. The summed E-state index contributed by atoms with van der Waals surface area (Å²) in [4.78, 5) is 28.1. The zero-order valence-electron chi connectivity index (χ0n) is 15.2. The Bertz CT molecular complexity index is 564. The Morgan fingerprint density at radius 1 is 1.12 bits per heavy atom. The molecule has 1 amide bonds. The fraction of sp³-hybridized carbons (Fsp3) is 0.722. The van der Waals surface area contributed by atoms with Gasteiger partial charge in [0.2, 0.25) is 5.91 Å². The molecule has 0 aromatic carbocycles. The molecule has 0 aliphatic carbocycles. The number of anilines is 1. The van der Waals surface area contributed by atoms with Gasteiger partial charge in [-0.25, -0.2) is 9.97 Å². The number of nitrogen functional groups attached to an aromatic ring is 1. The van der Waals surface area contributed by atoms with E-state index >= 15 is 0 Å². The Balaban J connectivity index is 1.48. The highest BCUT2D eigenvalue weighted by Gasteiger charge is 2.29. The van der Waals surface area contributed by atoms with Gasteiger partial charge in [0, 0.05) is 45.5 Å². The smallest absolute Gasteiger partial charge is 0.239 e. The first-order valence-electron chi connectivity index (χ1n) is 9.46. The molecule has 1 aromatic rings. The number of aromatic nitrogens is 2. The average Bonchev–Trinajstić information content (AvgIpc) is 2.90. The molecule has 0 unspecified atom stereocenters. The van der Waals surface area contributed by atoms with Gasteiger partial charge < -0.3 is 10.6 Å². The van der Waals surface area contributed by atoms with E-state index in [1.54, 1.807) is 12.3 Å². The predicted octanol–water partition coefficient (Wildman–Crippen LogP) is 0.968. The van der Waals surface area contributed by atoms with Crippen molar-refractivity contribution in [2.45, 2.75) is 45.2 Å². The van der Waals surface area contributed by atoms with E-state index in [2.05, 4.69) is 31.6 Å². The van der Waals surface area contributed by atoms with Crippen LogP contribution >= 0.6 is 0 Å². The van der Waals surface area contributed by atoms with Crippen LogP contribution in [0.3, 0.4) is 0 Å². The SMILES string of the molecule is C[C@@H](C(=O)N1CCCCCC1)N1CCN(Cc2nccc(N)n2)CC1. The van der Waals surface area contributed by atoms with Crippen molar-refractivity contribution in [1.82, 2.24) is 24.7 Å². The number of rotatable bonds is 4. The van der Waals surface area contributed by atoms with Crippen molar-refractivity contribution in [3.63, 3.8) is 0 Å². The third-order valence-electron chi connectivity index (χ3n) is 5.32. The van der Waals surface area contributed by atoms with Crippen molar-refractivity contribution < 1.29 is 4.79 Å². The van der Waals surface area contributed by atoms with Gasteiger partial charge in [-0.1, -0.05) is 12.8 Å². The molecule has 7 nitrogen and oxygen atoms in total. The molecule has 0 saturated carbocycles. The number of nitrogens with zero attached hydrogens (tertiary/aromatic N) is 5. The van der Waals surface area contributed by atoms with Gasteiger partial charge in [0.1, 0.15) is 11.6 Å². The minimum absolute atomic E-state index is 0.0242. The monoisotopic (exact) mass is 346 g/mol. The van der Waals surface area contributed by atoms with Gasteiger partial charge in [0.15, 0.2) is 0 Å². The Labute approximate surface area is 150 Å². The molecule has 2 aliphatic rings. The van der Waals surface area contributed by atoms with E-state index in [1.165, 1.54) is 12.8 Å². The topological polar surface area (TPSA) is 78.6 Å². The van der Waals surface area contributed by atoms with E-state index in [0.29, 0.717) is 18.3 Å². The quantitative estimate of drug-likeness (QED) is 0.875. The second-order valence-corrected chi connectivity index (χ2v) is 7.13. The summed E-state index contributed by atoms with van der Waals surface area (Å²) in [6.07, 6.45) is 6.50. The van der Waals surface area contributed by atoms with Crippen molar-refractivity contribution in [2.75, 3.05) is 45.0 Å². The van der Waals surface area contributed by atoms with Crippen molar-refractivity contribution in [2.24, 2.45) is 0 Å². The molecule has 7 heteroatoms. The minimum atomic E-state index is -0.0242. The van der Waals surface area contributed by atoms with E-state index in [4.69, 9.17) is 5.73 Å². The Morgan fingerprint density at radius 2 is 1.80 bits per heavy atom. The first-order valence-corrected chi connectivity index (χ1v) is 9.46. The van der Waals surface area contributed by atoms with Crippen LogP contribution in [0.15, 0.2) is 12.3 Å². The number of likely N-dealkylation sites (tertiary alicyclic amines) is 1. The van der Waals surface area contributed by atoms with Gasteiger partial charge in [-0.05, 0) is 25.8 Å². The van der Waals surface area contributed by atoms with Crippen LogP contribution in [0, 0.1) is 0 Å². The van der Waals surface area contributed by atoms with Gasteiger partial charge in [-0.3, -0.25) is 14.6 Å². The molecule has 1 aromatic heterocycles. The zero-order chi connectivity index (χ0) is 17.6. The summed E-state index contributed by atoms with van der Waals surface area (Å²) in [6, 6.07) is 1.68. The predicted molar refractivity (Wildman–Crippen MR) is 97.8 cm³/mol. The molecule has 2 fully saturated rings. The average molecular weight is 346 g/mol. The molecule has 2 saturated heterocycles. The van der Waals surface area contributed by atoms with Gasteiger partial charge >= 0.3 is 0 Å². The van der Waals surface area contributed by atoms with E-state index in [0.717, 1.165) is 57.9 Å². The van der Waals surface area contributed by atoms with Gasteiger partial charge in [-0.15, -0.1) is 0 Å². The molecule has 25 heavy (non-hydrogen) atoms. The molecular weight excluding hydrogens is 316 g/mol. The largest absolute Gasteiger partial charge is 0.384 e. The summed E-state index contributed by atoms with van der Waals surface area (Å²) in [6.45, 7) is 8.29. The summed E-state index contributed by atoms with van der Waals surface area (Å²) < 4.78 is 0. The van der Waals surface area contributed by atoms with Gasteiger partial charge in [0.05, 0.1) is 12.6 Å². The van der Waals surface area contributed by atoms with Crippen molar-refractivity contribution >= 4 is 11.7 Å². The third-order valence-corrected chi connectivity index (χ3v) is 5.32. The summed E-state index contributed by atoms with van der Waals surface area (Å²) in [7, 11) is 0. The van der Waals surface area contributed by atoms with E-state index < -0.39 is 0 Å². The van der Waals surface area contributed by atoms with Crippen LogP contribution in [0.2, 0.25) is 0 Å². The molecule has 0 radical (unpaired) electrons. The van der Waals surface area contributed by atoms with Crippen molar-refractivity contribution in [1.29, 1.82) is 0 Å². The summed E-state index contributed by atoms with van der Waals surface area (Å²) >= 11 is 0. The van der Waals surface area contributed by atoms with E-state index in [9.17, 15) is 4.79 Å². The maximum atomic E-state index is 12.8. The standard InChI is InChI=1S/C18H30N6O/c1-15(18(25)24-8-4-2-3-5-9-24)23-12-10-22(11-13-23)14-17-20-7-6-16(19)21-17/h6-7,15H,2-5,8-14H2,1H3,(H2,19,20,21)/t15-/m0/s1. The third kappa shape index (κ3) is 4.89. The fourth-order valence-corrected chi connectivity index (χ4v) is 3.71. The van der Waals surface area contributed by atoms with Gasteiger partial charge in [-0.2, -0.15) is 0 Å². The van der Waals surface area contributed by atoms with Gasteiger partial charge in [0.25, 0.3) is 0 Å². The Morgan fingerprint density at radius 3 is 2.44 bits per heavy atom. The highest BCUT2D eigenvalue weighted by molar-refractivity contribution is 5.81. The first kappa shape index (κ1) is 18.1. The van der Waals surface area contributed by atoms with Crippen molar-refractivity contribution in [3.05, 3.63) is 18.1 Å². The number of piperazine rings is 1. The summed E-state index contributed by atoms with van der Waals surface area (Å²) in [5.41, 5.74) is 5.72. The highest BCUT2D eigenvalue weighted by atomic mass is 16.2. The maximum Gasteiger partial charge on any atom is 0.239 e. The number of hydrogen-bond acceptors (Lipinski definition) is 6. The number of carbonyl (C=O) groups excluding carboxylic acids is 1. The molecule has 0 spiro atoms. The molecule has 2 N–H and O–H groups in total. The lowest BCUT2D eigenvalue weighted by atomic mass is 10.2. The normalized spacial score (nSPS) is 21.7. The Kier molecular flexibility index (Phi) is 6.20. The minimum Gasteiger partial charge on any atom is -0.384 e. The van der Waals surface area contributed by atoms with Crippen molar-refractivity contribution in [3.8, 4) is 0 Å². The second-order valence-electron chi connectivity index (χ2n) is 7.13. The lowest BCUT2D eigenvalue weighted by Crippen LogP contribution is -2.54. The number of nitrogens with two attached hydrogens (primary N) is 1. The fourth-order valence-electron chi connectivity index (χ4n) is 3.71. The van der Waals surface area contributed by atoms with Crippen LogP contribution in [-0.4, -0.2) is 75.9 Å². The maximum absolute atomic E-state index is 12.8. The molecule has 1 atom stereocenters. The molecule has 0 bridgehead atoms. The number of carbonyl (C=O) groups is 1. The lowest BCUT2D eigenvalue weighted by molar-refractivity contribution is -0.137. The highest BCUT2D eigenvalue weighted by Crippen LogP contribution is 2.15. The van der Waals surface area contributed by atoms with Crippen LogP contribution in [-0.2, 0) is 11.3 Å². The van der Waals surface area contributed by atoms with Crippen LogP contribution in [0.4, 0.5) is 5.82 Å². The molecular formula is C18H30N6O. The Hall–Kier alpha value is -1.73. The van der Waals surface area contributed by atoms with E-state index in [-0.39, 0.29) is 6.04 Å². The second kappa shape index (κ2) is 8.58. The molecule has 2 aliphatic heterocycles. The van der Waals surface area contributed by atoms with Crippen LogP contribution < -0.4 is 5.73 Å². The zero-order valence-corrected chi connectivity index (χ0v) is 15.2. The summed E-state index contributed by atoms with van der Waals surface area (Å²) in [5, 5.41) is 0. The lowest BCUT2D eigenvalue weighted by Gasteiger charge is -2.38. The van der Waals surface area contributed by atoms with Crippen LogP contribution in [0.25, 0.3) is 0 Å². The first-order chi connectivity index (χ1) is 12.1.